The van der Waals surface area contributed by atoms with Gasteiger partial charge in [0.15, 0.2) is 23.1 Å². The zero-order valence-electron chi connectivity index (χ0n) is 23.5. The zero-order chi connectivity index (χ0) is 29.7. The van der Waals surface area contributed by atoms with E-state index in [0.717, 1.165) is 0 Å². The summed E-state index contributed by atoms with van der Waals surface area (Å²) in [6.45, 7) is 11.5. The Bertz CT molecular complexity index is 1690. The van der Waals surface area contributed by atoms with Crippen molar-refractivity contribution in [2.24, 2.45) is 17.3 Å². The van der Waals surface area contributed by atoms with Gasteiger partial charge in [-0.1, -0.05) is 41.5 Å². The van der Waals surface area contributed by atoms with Crippen molar-refractivity contribution in [3.8, 4) is 11.9 Å². The minimum Gasteiger partial charge on any atom is -0.465 e. The average molecular weight is 553 g/mol. The van der Waals surface area contributed by atoms with Gasteiger partial charge in [-0.25, -0.2) is 14.3 Å². The smallest absolute Gasteiger partial charge is 0.351 e. The maximum atomic E-state index is 12.6. The Hall–Kier alpha value is -5.09. The van der Waals surface area contributed by atoms with Crippen LogP contribution in [0, 0.1) is 0 Å². The van der Waals surface area contributed by atoms with Crippen molar-refractivity contribution in [2.75, 3.05) is 24.3 Å². The molecule has 0 aliphatic rings. The molecule has 0 unspecified atom stereocenters. The fourth-order valence-corrected chi connectivity index (χ4v) is 3.80. The average Bonchev–Trinajstić information content (AvgIpc) is 3.49. The van der Waals surface area contributed by atoms with Gasteiger partial charge < -0.3 is 21.9 Å². The van der Waals surface area contributed by atoms with Gasteiger partial charge in [-0.15, -0.1) is 10.2 Å². The van der Waals surface area contributed by atoms with Crippen LogP contribution >= 0.6 is 0 Å². The van der Waals surface area contributed by atoms with Crippen LogP contribution in [0.4, 0.5) is 28.8 Å². The van der Waals surface area contributed by atoms with E-state index in [0.29, 0.717) is 11.4 Å². The number of nitrogens with zero attached hydrogens (tertiary/aromatic N) is 10. The highest BCUT2D eigenvalue weighted by Gasteiger charge is 2.29. The maximum absolute atomic E-state index is 12.6. The van der Waals surface area contributed by atoms with E-state index in [1.54, 1.807) is 7.05 Å². The first kappa shape index (κ1) is 27.9. The molecule has 0 radical (unpaired) electrons. The number of hydrogen-bond acceptors (Lipinski definition) is 13. The normalized spacial score (nSPS) is 12.4. The van der Waals surface area contributed by atoms with Gasteiger partial charge in [0, 0.05) is 17.9 Å². The lowest BCUT2D eigenvalue weighted by Crippen LogP contribution is -2.22. The minimum absolute atomic E-state index is 0.00431. The molecule has 7 N–H and O–H groups in total. The number of aromatic amines is 1. The number of methoxy groups -OCH3 is 1. The molecule has 0 fully saturated rings. The molecule has 0 bridgehead atoms. The van der Waals surface area contributed by atoms with E-state index in [-0.39, 0.29) is 46.3 Å². The Labute approximate surface area is 228 Å². The number of H-pyrrole nitrogens is 1. The Balaban J connectivity index is 1.88. The van der Waals surface area contributed by atoms with Crippen molar-refractivity contribution < 1.29 is 9.53 Å². The fraction of sp³-hybridized carbons (Fsp3) is 0.435. The van der Waals surface area contributed by atoms with Crippen LogP contribution in [0.2, 0.25) is 0 Å². The fourth-order valence-electron chi connectivity index (χ4n) is 3.80. The van der Waals surface area contributed by atoms with Gasteiger partial charge in [-0.2, -0.15) is 34.6 Å². The Kier molecular flexibility index (Phi) is 6.69. The molecule has 4 aromatic heterocycles. The summed E-state index contributed by atoms with van der Waals surface area (Å²) in [6.07, 6.45) is 1.32. The maximum Gasteiger partial charge on any atom is 0.351 e. The summed E-state index contributed by atoms with van der Waals surface area (Å²) < 4.78 is 8.56. The van der Waals surface area contributed by atoms with Crippen molar-refractivity contribution in [2.45, 2.75) is 52.4 Å². The molecular weight excluding hydrogens is 520 g/mol. The third-order valence-electron chi connectivity index (χ3n) is 5.85. The minimum atomic E-state index is -0.751. The third kappa shape index (κ3) is 4.87. The van der Waals surface area contributed by atoms with Gasteiger partial charge in [-0.3, -0.25) is 4.98 Å². The molecule has 4 heterocycles. The molecule has 0 saturated heterocycles. The Morgan fingerprint density at radius 2 is 1.57 bits per heavy atom. The van der Waals surface area contributed by atoms with Crippen molar-refractivity contribution in [3.63, 3.8) is 0 Å². The van der Waals surface area contributed by atoms with Crippen LogP contribution in [0.1, 0.15) is 63.3 Å². The number of anilines is 3. The first-order chi connectivity index (χ1) is 18.5. The lowest BCUT2D eigenvalue weighted by atomic mass is 9.91. The van der Waals surface area contributed by atoms with E-state index < -0.39 is 22.5 Å². The molecule has 4 rings (SSSR count). The lowest BCUT2D eigenvalue weighted by Gasteiger charge is -2.15. The number of carbonyl (C=O) groups is 1. The number of aryl methyl sites for hydroxylation is 1. The highest BCUT2D eigenvalue weighted by Crippen LogP contribution is 2.38. The van der Waals surface area contributed by atoms with Gasteiger partial charge in [0.2, 0.25) is 5.95 Å². The first-order valence-corrected chi connectivity index (χ1v) is 12.1. The SMILES string of the molecule is COC(=O)c1cnn(C)c1N=Nc1c(C(C)(C)C)nn(-c2nc(-n3nc(C(C)(C)C)c(N)c3N)[nH]c(=O)n2)c1N. The van der Waals surface area contributed by atoms with Crippen LogP contribution < -0.4 is 22.9 Å². The highest BCUT2D eigenvalue weighted by molar-refractivity contribution is 5.93. The summed E-state index contributed by atoms with van der Waals surface area (Å²) in [5.74, 6) is -0.585. The summed E-state index contributed by atoms with van der Waals surface area (Å²) in [4.78, 5) is 35.6. The summed E-state index contributed by atoms with van der Waals surface area (Å²) in [7, 11) is 2.85. The van der Waals surface area contributed by atoms with Gasteiger partial charge in [0.25, 0.3) is 5.95 Å². The van der Waals surface area contributed by atoms with Crippen molar-refractivity contribution in [3.05, 3.63) is 33.6 Å². The molecule has 0 aromatic carbocycles. The number of ether oxygens (including phenoxy) is 1. The molecule has 0 atom stereocenters. The number of rotatable bonds is 5. The number of carbonyl (C=O) groups excluding carboxylic acids is 1. The predicted octanol–water partition coefficient (Wildman–Crippen LogP) is 1.81. The van der Waals surface area contributed by atoms with E-state index in [9.17, 15) is 9.59 Å². The number of azo groups is 1. The van der Waals surface area contributed by atoms with Gasteiger partial charge in [0.05, 0.1) is 30.4 Å². The lowest BCUT2D eigenvalue weighted by molar-refractivity contribution is 0.0601. The van der Waals surface area contributed by atoms with Crippen molar-refractivity contribution >= 4 is 34.8 Å². The Morgan fingerprint density at radius 1 is 0.950 bits per heavy atom. The number of nitrogens with two attached hydrogens (primary N) is 3. The quantitative estimate of drug-likeness (QED) is 0.205. The van der Waals surface area contributed by atoms with Crippen molar-refractivity contribution in [1.82, 2.24) is 44.3 Å². The molecule has 17 nitrogen and oxygen atoms in total. The summed E-state index contributed by atoms with van der Waals surface area (Å²) >= 11 is 0. The molecule has 0 saturated carbocycles. The number of nitrogens with one attached hydrogen (secondary N) is 1. The highest BCUT2D eigenvalue weighted by atomic mass is 16.5. The topological polar surface area (TPSA) is 241 Å². The van der Waals surface area contributed by atoms with Crippen LogP contribution in [0.5, 0.6) is 0 Å². The number of aromatic nitrogens is 9. The second kappa shape index (κ2) is 9.58. The molecule has 212 valence electrons. The van der Waals surface area contributed by atoms with E-state index in [4.69, 9.17) is 21.9 Å². The van der Waals surface area contributed by atoms with Gasteiger partial charge in [0.1, 0.15) is 5.56 Å². The van der Waals surface area contributed by atoms with Crippen LogP contribution in [0.3, 0.4) is 0 Å². The largest absolute Gasteiger partial charge is 0.465 e. The second-order valence-electron chi connectivity index (χ2n) is 11.0. The van der Waals surface area contributed by atoms with Gasteiger partial charge >= 0.3 is 11.7 Å². The van der Waals surface area contributed by atoms with E-state index in [1.807, 2.05) is 41.5 Å². The van der Waals surface area contributed by atoms with Crippen LogP contribution in [0.15, 0.2) is 21.2 Å². The third-order valence-corrected chi connectivity index (χ3v) is 5.85. The number of hydrogen-bond donors (Lipinski definition) is 4. The number of nitrogen functional groups attached to an aromatic ring is 3. The molecule has 17 heteroatoms. The zero-order valence-corrected chi connectivity index (χ0v) is 23.5. The molecule has 40 heavy (non-hydrogen) atoms. The molecule has 0 aliphatic heterocycles. The Morgan fingerprint density at radius 3 is 2.15 bits per heavy atom. The second-order valence-corrected chi connectivity index (χ2v) is 11.0. The van der Waals surface area contributed by atoms with Crippen LogP contribution in [-0.2, 0) is 22.6 Å². The van der Waals surface area contributed by atoms with Crippen LogP contribution in [0.25, 0.3) is 11.9 Å². The van der Waals surface area contributed by atoms with Crippen LogP contribution in [-0.4, -0.2) is 57.4 Å². The predicted molar refractivity (Wildman–Crippen MR) is 146 cm³/mol. The summed E-state index contributed by atoms with van der Waals surface area (Å²) in [5.41, 5.74) is 18.7. The van der Waals surface area contributed by atoms with Crippen molar-refractivity contribution in [1.29, 1.82) is 0 Å². The molecule has 4 aromatic rings. The standard InChI is InChI=1S/C23H32N14O3/c1-22(2,3)13-11(24)15(25)36(33-13)19-28-20(30-21(39)29-19)37-16(26)12(14(34-37)23(4,5)6)31-32-17-10(18(38)40-8)9-27-35(17)7/h9H,24-26H2,1-8H3,(H,28,29,30,39). The summed E-state index contributed by atoms with van der Waals surface area (Å²) in [5, 5.41) is 21.6. The molecule has 0 amide bonds. The van der Waals surface area contributed by atoms with E-state index >= 15 is 0 Å². The monoisotopic (exact) mass is 552 g/mol. The van der Waals surface area contributed by atoms with Gasteiger partial charge in [-0.05, 0) is 0 Å². The summed E-state index contributed by atoms with van der Waals surface area (Å²) in [6, 6.07) is 0. The molecule has 0 aliphatic carbocycles. The molecule has 0 spiro atoms. The molecular formula is C23H32N14O3. The van der Waals surface area contributed by atoms with E-state index in [2.05, 4.69) is 40.5 Å². The first-order valence-electron chi connectivity index (χ1n) is 12.1. The number of esters is 1. The van der Waals surface area contributed by atoms with E-state index in [1.165, 1.54) is 27.4 Å².